The molecule has 0 atom stereocenters. The van der Waals surface area contributed by atoms with Gasteiger partial charge in [-0.3, -0.25) is 4.98 Å². The van der Waals surface area contributed by atoms with Crippen molar-refractivity contribution in [2.24, 2.45) is 0 Å². The fraction of sp³-hybridized carbons (Fsp3) is 0.0571. The van der Waals surface area contributed by atoms with E-state index in [0.717, 1.165) is 130 Å². The average Bonchev–Trinajstić information content (AvgIpc) is 4.39. The van der Waals surface area contributed by atoms with E-state index in [4.69, 9.17) is 4.98 Å². The van der Waals surface area contributed by atoms with Crippen molar-refractivity contribution in [3.63, 3.8) is 0 Å². The number of fused-ring (bicyclic) bond motifs is 15. The number of thiophene rings is 1. The summed E-state index contributed by atoms with van der Waals surface area (Å²) in [5.41, 5.74) is 19.0. The van der Waals surface area contributed by atoms with Gasteiger partial charge in [0.15, 0.2) is 0 Å². The van der Waals surface area contributed by atoms with Gasteiger partial charge >= 0.3 is 0 Å². The van der Waals surface area contributed by atoms with E-state index >= 15 is 0 Å². The summed E-state index contributed by atoms with van der Waals surface area (Å²) >= 11 is 1.80. The van der Waals surface area contributed by atoms with E-state index < -0.39 is 0 Å². The second kappa shape index (κ2) is 16.1. The lowest BCUT2D eigenvalue weighted by Gasteiger charge is -2.29. The molecule has 0 bridgehead atoms. The smallest absolute Gasteiger partial charge is 0.104 e. The fourth-order valence-electron chi connectivity index (χ4n) is 13.6. The van der Waals surface area contributed by atoms with Gasteiger partial charge in [0.1, 0.15) is 11.6 Å². The first kappa shape index (κ1) is 43.6. The molecule has 0 saturated carbocycles. The van der Waals surface area contributed by atoms with Gasteiger partial charge in [0.05, 0.1) is 66.9 Å². The predicted octanol–water partition coefficient (Wildman–Crippen LogP) is 18.6. The Kier molecular flexibility index (Phi) is 9.14. The molecule has 16 aromatic rings. The first-order chi connectivity index (χ1) is 37.9. The number of nitriles is 1. The van der Waals surface area contributed by atoms with E-state index in [9.17, 15) is 5.26 Å². The monoisotopic (exact) mass is 1000 g/mol. The summed E-state index contributed by atoms with van der Waals surface area (Å²) in [5, 5.41) is 24.4. The number of aryl methyl sites for hydroxylation is 4. The Morgan fingerprint density at radius 2 is 0.714 bits per heavy atom. The highest BCUT2D eigenvalue weighted by atomic mass is 32.1. The number of pyridine rings is 1. The highest BCUT2D eigenvalue weighted by Gasteiger charge is 2.36. The number of rotatable bonds is 5. The maximum atomic E-state index is 13.0. The third-order valence-corrected chi connectivity index (χ3v) is 17.7. The van der Waals surface area contributed by atoms with Gasteiger partial charge in [-0.1, -0.05) is 133 Å². The van der Waals surface area contributed by atoms with Gasteiger partial charge in [-0.05, 0) is 116 Å². The van der Waals surface area contributed by atoms with Crippen LogP contribution in [0.3, 0.4) is 0 Å². The zero-order valence-corrected chi connectivity index (χ0v) is 43.5. The lowest BCUT2D eigenvalue weighted by molar-refractivity contribution is 1.04. The molecule has 362 valence electrons. The molecule has 7 heteroatoms. The zero-order chi connectivity index (χ0) is 51.4. The first-order valence-corrected chi connectivity index (χ1v) is 27.1. The van der Waals surface area contributed by atoms with Crippen LogP contribution in [0.15, 0.2) is 207 Å². The van der Waals surface area contributed by atoms with Gasteiger partial charge in [0, 0.05) is 81.2 Å². The van der Waals surface area contributed by atoms with Crippen molar-refractivity contribution in [3.8, 4) is 39.9 Å². The van der Waals surface area contributed by atoms with Crippen molar-refractivity contribution in [1.82, 2.24) is 23.3 Å². The number of aromatic nitrogens is 5. The highest BCUT2D eigenvalue weighted by Crippen LogP contribution is 2.54. The molecule has 16 rings (SSSR count). The summed E-state index contributed by atoms with van der Waals surface area (Å²) in [7, 11) is 0. The molecule has 0 N–H and O–H groups in total. The SMILES string of the molecule is Cc1cccc2c1c1ccccc1n2-c1c(C#N)c(-n2c3ccccc3c3c(C)cccc32)c(-n2c3ccccc3c3c(C)cccc32)c(-c2cccc3sc4ccncc4c23)c1-n1c2ccccc2c2c(C)cccc21. The van der Waals surface area contributed by atoms with Crippen molar-refractivity contribution in [1.29, 1.82) is 5.26 Å². The van der Waals surface area contributed by atoms with Gasteiger partial charge in [0.2, 0.25) is 0 Å². The fourth-order valence-corrected chi connectivity index (χ4v) is 14.7. The number of benzene rings is 10. The topological polar surface area (TPSA) is 56.4 Å². The lowest BCUT2D eigenvalue weighted by Crippen LogP contribution is -2.16. The van der Waals surface area contributed by atoms with Crippen molar-refractivity contribution in [2.75, 3.05) is 0 Å². The number of hydrogen-bond acceptors (Lipinski definition) is 3. The molecular formula is C70H46N6S. The van der Waals surface area contributed by atoms with Crippen molar-refractivity contribution in [2.45, 2.75) is 27.7 Å². The van der Waals surface area contributed by atoms with E-state index in [2.05, 4.69) is 246 Å². The number of para-hydroxylation sites is 4. The average molecular weight is 1000 g/mol. The second-order valence-electron chi connectivity index (χ2n) is 20.7. The van der Waals surface area contributed by atoms with Crippen LogP contribution in [0.4, 0.5) is 0 Å². The maximum absolute atomic E-state index is 13.0. The maximum Gasteiger partial charge on any atom is 0.104 e. The molecule has 77 heavy (non-hydrogen) atoms. The van der Waals surface area contributed by atoms with Crippen LogP contribution in [0.2, 0.25) is 0 Å². The minimum atomic E-state index is 0.549. The van der Waals surface area contributed by atoms with Crippen molar-refractivity contribution in [3.05, 3.63) is 234 Å². The zero-order valence-electron chi connectivity index (χ0n) is 42.7. The molecule has 6 heterocycles. The lowest BCUT2D eigenvalue weighted by atomic mass is 9.91. The molecule has 0 unspecified atom stereocenters. The Hall–Kier alpha value is -9.74. The second-order valence-corrected chi connectivity index (χ2v) is 21.8. The molecular weight excluding hydrogens is 957 g/mol. The molecule has 6 nitrogen and oxygen atoms in total. The van der Waals surface area contributed by atoms with E-state index in [1.54, 1.807) is 11.3 Å². The molecule has 0 fully saturated rings. The Morgan fingerprint density at radius 3 is 1.12 bits per heavy atom. The van der Waals surface area contributed by atoms with Crippen molar-refractivity contribution < 1.29 is 0 Å². The van der Waals surface area contributed by atoms with Crippen LogP contribution in [0.5, 0.6) is 0 Å². The quantitative estimate of drug-likeness (QED) is 0.172. The Labute approximate surface area is 446 Å². The van der Waals surface area contributed by atoms with E-state index in [-0.39, 0.29) is 0 Å². The Morgan fingerprint density at radius 1 is 0.351 bits per heavy atom. The summed E-state index contributed by atoms with van der Waals surface area (Å²) in [4.78, 5) is 4.84. The molecule has 0 aliphatic rings. The van der Waals surface area contributed by atoms with Gasteiger partial charge in [-0.15, -0.1) is 11.3 Å². The molecule has 0 saturated heterocycles. The van der Waals surface area contributed by atoms with Crippen LogP contribution in [0.25, 0.3) is 141 Å². The van der Waals surface area contributed by atoms with Crippen LogP contribution in [0, 0.1) is 39.0 Å². The molecule has 0 aliphatic carbocycles. The molecule has 0 spiro atoms. The Balaban J connectivity index is 1.31. The standard InChI is InChI=1S/C70H46N6S/c1-40-18-13-31-55-61(40)44-22-5-9-27-51(44)73(55)67-49(38-71)68(74-52-28-10-6-23-45(52)62-41(2)19-14-32-56(62)74)70(76-54-30-12-8-25-47(54)64-43(4)21-16-34-58(64)76)66(48-26-17-35-60-65(48)50-39-72-37-36-59(50)77-60)69(67)75-53-29-11-7-24-46(53)63-42(3)20-15-33-57(63)75/h5-37,39H,1-4H3. The van der Waals surface area contributed by atoms with Gasteiger partial charge in [0.25, 0.3) is 0 Å². The highest BCUT2D eigenvalue weighted by molar-refractivity contribution is 7.25. The van der Waals surface area contributed by atoms with E-state index in [1.807, 2.05) is 12.4 Å². The number of nitrogens with zero attached hydrogens (tertiary/aromatic N) is 6. The number of hydrogen-bond donors (Lipinski definition) is 0. The van der Waals surface area contributed by atoms with Gasteiger partial charge in [-0.2, -0.15) is 5.26 Å². The van der Waals surface area contributed by atoms with Gasteiger partial charge in [-0.25, -0.2) is 0 Å². The van der Waals surface area contributed by atoms with Gasteiger partial charge < -0.3 is 18.3 Å². The van der Waals surface area contributed by atoms with Crippen LogP contribution in [-0.2, 0) is 0 Å². The Bertz CT molecular complexity index is 5030. The molecule has 0 aliphatic heterocycles. The van der Waals surface area contributed by atoms with Crippen LogP contribution >= 0.6 is 11.3 Å². The molecule has 6 aromatic heterocycles. The van der Waals surface area contributed by atoms with Crippen LogP contribution in [-0.4, -0.2) is 23.3 Å². The summed E-state index contributed by atoms with van der Waals surface area (Å²) in [5.74, 6) is 0. The van der Waals surface area contributed by atoms with E-state index in [0.29, 0.717) is 5.56 Å². The minimum Gasteiger partial charge on any atom is -0.306 e. The summed E-state index contributed by atoms with van der Waals surface area (Å²) < 4.78 is 12.2. The molecule has 10 aromatic carbocycles. The normalized spacial score (nSPS) is 12.1. The van der Waals surface area contributed by atoms with E-state index in [1.165, 1.54) is 33.0 Å². The third kappa shape index (κ3) is 5.80. The summed E-state index contributed by atoms with van der Waals surface area (Å²) in [6, 6.07) is 73.9. The predicted molar refractivity (Wildman–Crippen MR) is 324 cm³/mol. The summed E-state index contributed by atoms with van der Waals surface area (Å²) in [6.45, 7) is 8.87. The first-order valence-electron chi connectivity index (χ1n) is 26.3. The van der Waals surface area contributed by atoms with Crippen molar-refractivity contribution >= 4 is 119 Å². The largest absolute Gasteiger partial charge is 0.306 e. The minimum absolute atomic E-state index is 0.549. The molecule has 0 radical (unpaired) electrons. The van der Waals surface area contributed by atoms with Crippen LogP contribution in [0.1, 0.15) is 27.8 Å². The molecule has 0 amide bonds. The van der Waals surface area contributed by atoms with Crippen LogP contribution < -0.4 is 0 Å². The summed E-state index contributed by atoms with van der Waals surface area (Å²) in [6.07, 6.45) is 3.95. The third-order valence-electron chi connectivity index (χ3n) is 16.6.